The maximum atomic E-state index is 10.7. The fourth-order valence-electron chi connectivity index (χ4n) is 1.12. The van der Waals surface area contributed by atoms with Crippen molar-refractivity contribution < 1.29 is 4.79 Å². The standard InChI is InChI=1S/C8H19N.C7H13NO/c1-3-5-7-9-8-6-4-2;1-4-5-8-7(9)6(2)3/h9H,3-8H2,1-2H3;2,4-5H2,1,3H3,(H,8,9). The Hall–Kier alpha value is -0.830. The summed E-state index contributed by atoms with van der Waals surface area (Å²) in [6.07, 6.45) is 6.23. The van der Waals surface area contributed by atoms with E-state index in [1.54, 1.807) is 6.92 Å². The Bertz CT molecular complexity index is 197. The van der Waals surface area contributed by atoms with Crippen LogP contribution < -0.4 is 10.6 Å². The Kier molecular flexibility index (Phi) is 17.5. The highest BCUT2D eigenvalue weighted by atomic mass is 16.1. The van der Waals surface area contributed by atoms with E-state index in [0.717, 1.165) is 13.0 Å². The molecule has 0 aromatic rings. The summed E-state index contributed by atoms with van der Waals surface area (Å²) < 4.78 is 0. The van der Waals surface area contributed by atoms with Crippen molar-refractivity contribution >= 4 is 5.91 Å². The van der Waals surface area contributed by atoms with Crippen LogP contribution in [0.3, 0.4) is 0 Å². The normalized spacial score (nSPS) is 9.33. The van der Waals surface area contributed by atoms with Crippen LogP contribution in [-0.2, 0) is 4.79 Å². The molecule has 0 radical (unpaired) electrons. The van der Waals surface area contributed by atoms with Crippen molar-refractivity contribution in [2.45, 2.75) is 59.8 Å². The molecule has 0 aliphatic rings. The highest BCUT2D eigenvalue weighted by molar-refractivity contribution is 5.91. The van der Waals surface area contributed by atoms with Crippen molar-refractivity contribution in [3.05, 3.63) is 12.2 Å². The second-order valence-electron chi connectivity index (χ2n) is 4.49. The monoisotopic (exact) mass is 256 g/mol. The van der Waals surface area contributed by atoms with E-state index in [1.165, 1.54) is 38.8 Å². The molecule has 3 heteroatoms. The van der Waals surface area contributed by atoms with Crippen LogP contribution in [0.25, 0.3) is 0 Å². The van der Waals surface area contributed by atoms with Crippen molar-refractivity contribution in [2.75, 3.05) is 19.6 Å². The van der Waals surface area contributed by atoms with Gasteiger partial charge in [-0.3, -0.25) is 4.79 Å². The van der Waals surface area contributed by atoms with E-state index in [-0.39, 0.29) is 5.91 Å². The molecule has 3 nitrogen and oxygen atoms in total. The molecular formula is C15H32N2O. The van der Waals surface area contributed by atoms with Gasteiger partial charge in [0.25, 0.3) is 0 Å². The van der Waals surface area contributed by atoms with Gasteiger partial charge in [0, 0.05) is 12.1 Å². The molecule has 0 aliphatic carbocycles. The third-order valence-electron chi connectivity index (χ3n) is 2.34. The zero-order valence-corrected chi connectivity index (χ0v) is 12.8. The fourth-order valence-corrected chi connectivity index (χ4v) is 1.12. The maximum Gasteiger partial charge on any atom is 0.246 e. The van der Waals surface area contributed by atoms with Gasteiger partial charge in [-0.25, -0.2) is 0 Å². The molecule has 0 fully saturated rings. The lowest BCUT2D eigenvalue weighted by Gasteiger charge is -1.99. The molecule has 18 heavy (non-hydrogen) atoms. The summed E-state index contributed by atoms with van der Waals surface area (Å²) >= 11 is 0. The average Bonchev–Trinajstić information content (AvgIpc) is 2.36. The second-order valence-corrected chi connectivity index (χ2v) is 4.49. The molecule has 0 spiro atoms. The third-order valence-corrected chi connectivity index (χ3v) is 2.34. The van der Waals surface area contributed by atoms with E-state index in [1.807, 2.05) is 6.92 Å². The largest absolute Gasteiger partial charge is 0.352 e. The molecule has 1 amide bonds. The second kappa shape index (κ2) is 16.2. The van der Waals surface area contributed by atoms with Crippen LogP contribution in [0.2, 0.25) is 0 Å². The Morgan fingerprint density at radius 3 is 1.78 bits per heavy atom. The van der Waals surface area contributed by atoms with Gasteiger partial charge in [-0.05, 0) is 39.3 Å². The van der Waals surface area contributed by atoms with Crippen LogP contribution in [0.4, 0.5) is 0 Å². The lowest BCUT2D eigenvalue weighted by Crippen LogP contribution is -2.24. The predicted octanol–water partition coefficient (Wildman–Crippen LogP) is 3.26. The van der Waals surface area contributed by atoms with Crippen molar-refractivity contribution in [2.24, 2.45) is 0 Å². The van der Waals surface area contributed by atoms with Gasteiger partial charge in [-0.1, -0.05) is 40.2 Å². The predicted molar refractivity (Wildman–Crippen MR) is 80.8 cm³/mol. The molecule has 0 aromatic heterocycles. The van der Waals surface area contributed by atoms with Crippen LogP contribution in [0.15, 0.2) is 12.2 Å². The first kappa shape index (κ1) is 19.5. The highest BCUT2D eigenvalue weighted by Gasteiger charge is 1.96. The minimum absolute atomic E-state index is 0.0446. The summed E-state index contributed by atoms with van der Waals surface area (Å²) in [5.41, 5.74) is 0.573. The van der Waals surface area contributed by atoms with Gasteiger partial charge in [-0.15, -0.1) is 0 Å². The van der Waals surface area contributed by atoms with Crippen LogP contribution in [0.1, 0.15) is 59.8 Å². The van der Waals surface area contributed by atoms with Crippen LogP contribution in [0.5, 0.6) is 0 Å². The molecule has 0 bridgehead atoms. The SMILES string of the molecule is C=C(C)C(=O)NCCC.CCCCNCCCC. The molecule has 0 saturated carbocycles. The minimum Gasteiger partial charge on any atom is -0.352 e. The van der Waals surface area contributed by atoms with Gasteiger partial charge in [-0.2, -0.15) is 0 Å². The van der Waals surface area contributed by atoms with Crippen LogP contribution in [-0.4, -0.2) is 25.5 Å². The van der Waals surface area contributed by atoms with E-state index in [9.17, 15) is 4.79 Å². The van der Waals surface area contributed by atoms with E-state index < -0.39 is 0 Å². The number of nitrogens with one attached hydrogen (secondary N) is 2. The van der Waals surface area contributed by atoms with Crippen LogP contribution >= 0.6 is 0 Å². The zero-order chi connectivity index (χ0) is 14.2. The molecule has 0 heterocycles. The topological polar surface area (TPSA) is 41.1 Å². The first-order chi connectivity index (χ1) is 8.59. The number of hydrogen-bond donors (Lipinski definition) is 2. The molecule has 0 saturated heterocycles. The lowest BCUT2D eigenvalue weighted by molar-refractivity contribution is -0.117. The molecule has 0 aliphatic heterocycles. The lowest BCUT2D eigenvalue weighted by atomic mass is 10.3. The summed E-state index contributed by atoms with van der Waals surface area (Å²) in [6, 6.07) is 0. The maximum absolute atomic E-state index is 10.7. The first-order valence-corrected chi connectivity index (χ1v) is 7.24. The minimum atomic E-state index is -0.0446. The molecule has 0 atom stereocenters. The van der Waals surface area contributed by atoms with Gasteiger partial charge in [0.05, 0.1) is 0 Å². The van der Waals surface area contributed by atoms with Gasteiger partial charge in [0.1, 0.15) is 0 Å². The smallest absolute Gasteiger partial charge is 0.246 e. The zero-order valence-electron chi connectivity index (χ0n) is 12.8. The number of carbonyl (C=O) groups is 1. The third kappa shape index (κ3) is 17.6. The summed E-state index contributed by atoms with van der Waals surface area (Å²) in [7, 11) is 0. The molecule has 2 N–H and O–H groups in total. The molecular weight excluding hydrogens is 224 g/mol. The molecule has 108 valence electrons. The first-order valence-electron chi connectivity index (χ1n) is 7.24. The van der Waals surface area contributed by atoms with Crippen molar-refractivity contribution in [3.63, 3.8) is 0 Å². The van der Waals surface area contributed by atoms with Gasteiger partial charge in [0.15, 0.2) is 0 Å². The number of rotatable bonds is 9. The number of carbonyl (C=O) groups excluding carboxylic acids is 1. The summed E-state index contributed by atoms with van der Waals surface area (Å²) in [6.45, 7) is 14.8. The van der Waals surface area contributed by atoms with E-state index >= 15 is 0 Å². The quantitative estimate of drug-likeness (QED) is 0.491. The number of unbranched alkanes of at least 4 members (excludes halogenated alkanes) is 2. The van der Waals surface area contributed by atoms with Crippen molar-refractivity contribution in [3.8, 4) is 0 Å². The van der Waals surface area contributed by atoms with Gasteiger partial charge in [0.2, 0.25) is 5.91 Å². The Morgan fingerprint density at radius 2 is 1.44 bits per heavy atom. The Labute approximate surface area is 113 Å². The number of amides is 1. The summed E-state index contributed by atoms with van der Waals surface area (Å²) in [5.74, 6) is -0.0446. The Morgan fingerprint density at radius 1 is 0.944 bits per heavy atom. The number of hydrogen-bond acceptors (Lipinski definition) is 2. The highest BCUT2D eigenvalue weighted by Crippen LogP contribution is 1.85. The molecule has 0 unspecified atom stereocenters. The van der Waals surface area contributed by atoms with E-state index in [0.29, 0.717) is 5.57 Å². The van der Waals surface area contributed by atoms with Crippen LogP contribution in [0, 0.1) is 0 Å². The molecule has 0 rings (SSSR count). The van der Waals surface area contributed by atoms with Crippen molar-refractivity contribution in [1.29, 1.82) is 0 Å². The average molecular weight is 256 g/mol. The summed E-state index contributed by atoms with van der Waals surface area (Å²) in [5, 5.41) is 6.08. The summed E-state index contributed by atoms with van der Waals surface area (Å²) in [4.78, 5) is 10.7. The molecule has 0 aromatic carbocycles. The van der Waals surface area contributed by atoms with Gasteiger partial charge >= 0.3 is 0 Å². The fraction of sp³-hybridized carbons (Fsp3) is 0.800. The Balaban J connectivity index is 0. The van der Waals surface area contributed by atoms with E-state index in [2.05, 4.69) is 31.1 Å². The van der Waals surface area contributed by atoms with Crippen molar-refractivity contribution in [1.82, 2.24) is 10.6 Å². The van der Waals surface area contributed by atoms with Gasteiger partial charge < -0.3 is 10.6 Å². The van der Waals surface area contributed by atoms with E-state index in [4.69, 9.17) is 0 Å².